The van der Waals surface area contributed by atoms with E-state index < -0.39 is 0 Å². The number of rotatable bonds is 5. The van der Waals surface area contributed by atoms with E-state index in [0.29, 0.717) is 10.8 Å². The van der Waals surface area contributed by atoms with Crippen LogP contribution in [0.3, 0.4) is 0 Å². The molecule has 0 fully saturated rings. The summed E-state index contributed by atoms with van der Waals surface area (Å²) in [6.07, 6.45) is 0. The van der Waals surface area contributed by atoms with Crippen LogP contribution in [0, 0.1) is 5.82 Å². The number of thioether (sulfide) groups is 1. The van der Waals surface area contributed by atoms with Crippen LogP contribution in [0.4, 0.5) is 15.2 Å². The lowest BCUT2D eigenvalue weighted by Crippen LogP contribution is -1.89. The first kappa shape index (κ1) is 13.0. The first-order valence-electron chi connectivity index (χ1n) is 5.27. The standard InChI is InChI=1S/C12H12FN3S2/c1-8(2)7-17-12-16-15-11(18-12)14-10-5-3-4-9(13)6-10/h3-6H,1,7H2,2H3,(H,14,15). The molecule has 1 N–H and O–H groups in total. The number of benzene rings is 1. The fourth-order valence-corrected chi connectivity index (χ4v) is 2.81. The normalized spacial score (nSPS) is 10.3. The quantitative estimate of drug-likeness (QED) is 0.661. The van der Waals surface area contributed by atoms with E-state index in [9.17, 15) is 4.39 Å². The van der Waals surface area contributed by atoms with E-state index in [-0.39, 0.29) is 5.82 Å². The highest BCUT2D eigenvalue weighted by Crippen LogP contribution is 2.28. The van der Waals surface area contributed by atoms with Crippen molar-refractivity contribution in [3.05, 3.63) is 42.2 Å². The summed E-state index contributed by atoms with van der Waals surface area (Å²) in [6, 6.07) is 6.25. The van der Waals surface area contributed by atoms with Crippen LogP contribution in [0.1, 0.15) is 6.92 Å². The van der Waals surface area contributed by atoms with E-state index in [1.54, 1.807) is 23.9 Å². The molecule has 1 heterocycles. The van der Waals surface area contributed by atoms with Crippen LogP contribution in [-0.4, -0.2) is 16.0 Å². The molecule has 18 heavy (non-hydrogen) atoms. The first-order chi connectivity index (χ1) is 8.63. The molecule has 1 aromatic heterocycles. The number of nitrogens with zero attached hydrogens (tertiary/aromatic N) is 2. The summed E-state index contributed by atoms with van der Waals surface area (Å²) in [5.74, 6) is 0.551. The Morgan fingerprint density at radius 1 is 1.50 bits per heavy atom. The Labute approximate surface area is 113 Å². The molecule has 0 unspecified atom stereocenters. The van der Waals surface area contributed by atoms with Gasteiger partial charge in [0.1, 0.15) is 5.82 Å². The zero-order valence-electron chi connectivity index (χ0n) is 9.81. The molecule has 2 aromatic rings. The Morgan fingerprint density at radius 2 is 2.33 bits per heavy atom. The summed E-state index contributed by atoms with van der Waals surface area (Å²) in [7, 11) is 0. The first-order valence-corrected chi connectivity index (χ1v) is 7.07. The van der Waals surface area contributed by atoms with Crippen LogP contribution in [0.25, 0.3) is 0 Å². The third-order valence-corrected chi connectivity index (χ3v) is 4.13. The molecular weight excluding hydrogens is 269 g/mol. The topological polar surface area (TPSA) is 37.8 Å². The van der Waals surface area contributed by atoms with Crippen molar-refractivity contribution in [2.45, 2.75) is 11.3 Å². The van der Waals surface area contributed by atoms with Gasteiger partial charge in [0.25, 0.3) is 0 Å². The summed E-state index contributed by atoms with van der Waals surface area (Å²) in [4.78, 5) is 0. The number of hydrogen-bond acceptors (Lipinski definition) is 5. The fraction of sp³-hybridized carbons (Fsp3) is 0.167. The van der Waals surface area contributed by atoms with E-state index in [1.807, 2.05) is 6.92 Å². The predicted octanol–water partition coefficient (Wildman–Crippen LogP) is 4.09. The molecule has 0 saturated carbocycles. The SMILES string of the molecule is C=C(C)CSc1nnc(Nc2cccc(F)c2)s1. The van der Waals surface area contributed by atoms with E-state index in [4.69, 9.17) is 0 Å². The minimum atomic E-state index is -0.276. The maximum Gasteiger partial charge on any atom is 0.210 e. The average Bonchev–Trinajstić information content (AvgIpc) is 2.74. The van der Waals surface area contributed by atoms with E-state index in [2.05, 4.69) is 22.1 Å². The van der Waals surface area contributed by atoms with Crippen molar-refractivity contribution in [1.29, 1.82) is 0 Å². The van der Waals surface area contributed by atoms with Gasteiger partial charge in [-0.15, -0.1) is 10.2 Å². The Morgan fingerprint density at radius 3 is 3.06 bits per heavy atom. The van der Waals surface area contributed by atoms with E-state index in [1.165, 1.54) is 23.5 Å². The van der Waals surface area contributed by atoms with Crippen molar-refractivity contribution < 1.29 is 4.39 Å². The Kier molecular flexibility index (Phi) is 4.33. The highest BCUT2D eigenvalue weighted by Gasteiger charge is 2.05. The van der Waals surface area contributed by atoms with Crippen LogP contribution < -0.4 is 5.32 Å². The molecule has 0 aliphatic carbocycles. The second kappa shape index (κ2) is 5.97. The molecule has 3 nitrogen and oxygen atoms in total. The number of aromatic nitrogens is 2. The van der Waals surface area contributed by atoms with E-state index in [0.717, 1.165) is 15.7 Å². The molecule has 2 rings (SSSR count). The average molecular weight is 281 g/mol. The summed E-state index contributed by atoms with van der Waals surface area (Å²) < 4.78 is 13.9. The summed E-state index contributed by atoms with van der Waals surface area (Å²) in [6.45, 7) is 5.80. The van der Waals surface area contributed by atoms with Gasteiger partial charge in [0, 0.05) is 11.4 Å². The number of anilines is 2. The largest absolute Gasteiger partial charge is 0.330 e. The number of hydrogen-bond donors (Lipinski definition) is 1. The van der Waals surface area contributed by atoms with Gasteiger partial charge in [0.2, 0.25) is 5.13 Å². The molecule has 6 heteroatoms. The summed E-state index contributed by atoms with van der Waals surface area (Å²) >= 11 is 3.04. The molecule has 0 aliphatic rings. The lowest BCUT2D eigenvalue weighted by atomic mass is 10.3. The highest BCUT2D eigenvalue weighted by atomic mass is 32.2. The molecular formula is C12H12FN3S2. The van der Waals surface area contributed by atoms with Crippen molar-refractivity contribution in [2.75, 3.05) is 11.1 Å². The van der Waals surface area contributed by atoms with Crippen LogP contribution in [0.5, 0.6) is 0 Å². The molecule has 94 valence electrons. The van der Waals surface area contributed by atoms with Crippen molar-refractivity contribution in [1.82, 2.24) is 10.2 Å². The van der Waals surface area contributed by atoms with E-state index >= 15 is 0 Å². The van der Waals surface area contributed by atoms with Gasteiger partial charge < -0.3 is 5.32 Å². The second-order valence-electron chi connectivity index (χ2n) is 3.75. The summed E-state index contributed by atoms with van der Waals surface area (Å²) in [5, 5.41) is 11.7. The lowest BCUT2D eigenvalue weighted by molar-refractivity contribution is 0.628. The lowest BCUT2D eigenvalue weighted by Gasteiger charge is -2.00. The molecule has 0 amide bonds. The van der Waals surface area contributed by atoms with Gasteiger partial charge in [0.05, 0.1) is 0 Å². The molecule has 0 saturated heterocycles. The van der Waals surface area contributed by atoms with Crippen LogP contribution in [0.15, 0.2) is 40.8 Å². The number of halogens is 1. The summed E-state index contributed by atoms with van der Waals surface area (Å²) in [5.41, 5.74) is 1.76. The monoisotopic (exact) mass is 281 g/mol. The minimum Gasteiger partial charge on any atom is -0.330 e. The molecule has 0 aliphatic heterocycles. The smallest absolute Gasteiger partial charge is 0.210 e. The Balaban J connectivity index is 2.00. The predicted molar refractivity (Wildman–Crippen MR) is 75.1 cm³/mol. The van der Waals surface area contributed by atoms with Gasteiger partial charge in [-0.3, -0.25) is 0 Å². The molecule has 1 aromatic carbocycles. The van der Waals surface area contributed by atoms with Crippen LogP contribution in [-0.2, 0) is 0 Å². The third-order valence-electron chi connectivity index (χ3n) is 1.92. The van der Waals surface area contributed by atoms with Crippen molar-refractivity contribution in [2.24, 2.45) is 0 Å². The van der Waals surface area contributed by atoms with Gasteiger partial charge in [-0.05, 0) is 25.1 Å². The third kappa shape index (κ3) is 3.82. The Hall–Kier alpha value is -1.40. The molecule has 0 spiro atoms. The molecule has 0 bridgehead atoms. The van der Waals surface area contributed by atoms with Crippen LogP contribution in [0.2, 0.25) is 0 Å². The van der Waals surface area contributed by atoms with Gasteiger partial charge in [0.15, 0.2) is 4.34 Å². The highest BCUT2D eigenvalue weighted by molar-refractivity contribution is 8.01. The van der Waals surface area contributed by atoms with Gasteiger partial charge in [-0.25, -0.2) is 4.39 Å². The maximum atomic E-state index is 13.0. The van der Waals surface area contributed by atoms with Crippen molar-refractivity contribution in [3.63, 3.8) is 0 Å². The number of nitrogens with one attached hydrogen (secondary N) is 1. The molecule has 0 radical (unpaired) electrons. The zero-order chi connectivity index (χ0) is 13.0. The van der Waals surface area contributed by atoms with Gasteiger partial charge >= 0.3 is 0 Å². The Bertz CT molecular complexity index is 554. The van der Waals surface area contributed by atoms with Crippen molar-refractivity contribution in [3.8, 4) is 0 Å². The van der Waals surface area contributed by atoms with Gasteiger partial charge in [-0.2, -0.15) is 0 Å². The second-order valence-corrected chi connectivity index (χ2v) is 5.95. The zero-order valence-corrected chi connectivity index (χ0v) is 11.4. The van der Waals surface area contributed by atoms with Crippen molar-refractivity contribution >= 4 is 33.9 Å². The van der Waals surface area contributed by atoms with Gasteiger partial charge in [-0.1, -0.05) is 41.3 Å². The van der Waals surface area contributed by atoms with Crippen LogP contribution >= 0.6 is 23.1 Å². The minimum absolute atomic E-state index is 0.276. The maximum absolute atomic E-state index is 13.0. The fourth-order valence-electron chi connectivity index (χ4n) is 1.19. The molecule has 0 atom stereocenters.